The van der Waals surface area contributed by atoms with Gasteiger partial charge in [-0.3, -0.25) is 0 Å². The van der Waals surface area contributed by atoms with Gasteiger partial charge in [-0.1, -0.05) is 66.1 Å². The van der Waals surface area contributed by atoms with Gasteiger partial charge in [0.05, 0.1) is 0 Å². The van der Waals surface area contributed by atoms with Crippen molar-refractivity contribution in [3.05, 3.63) is 70.8 Å². The van der Waals surface area contributed by atoms with Crippen molar-refractivity contribution >= 4 is 0 Å². The monoisotopic (exact) mass is 250 g/mol. The van der Waals surface area contributed by atoms with Gasteiger partial charge in [0.1, 0.15) is 0 Å². The number of aryl methyl sites for hydroxylation is 2. The molecule has 0 aliphatic heterocycles. The Bertz CT molecular complexity index is 482. The lowest BCUT2D eigenvalue weighted by Gasteiger charge is -2.21. The van der Waals surface area contributed by atoms with E-state index in [-0.39, 0.29) is 0 Å². The normalized spacial score (nSPS) is 22.6. The van der Waals surface area contributed by atoms with Crippen molar-refractivity contribution in [2.24, 2.45) is 0 Å². The molecule has 0 saturated heterocycles. The lowest BCUT2D eigenvalue weighted by molar-refractivity contribution is 0.623. The van der Waals surface area contributed by atoms with Crippen LogP contribution in [0.15, 0.2) is 48.5 Å². The van der Waals surface area contributed by atoms with Crippen LogP contribution in [0.4, 0.5) is 0 Å². The average Bonchev–Trinajstić information content (AvgIpc) is 2.90. The van der Waals surface area contributed by atoms with Crippen molar-refractivity contribution in [2.75, 3.05) is 0 Å². The molecule has 2 unspecified atom stereocenters. The summed E-state index contributed by atoms with van der Waals surface area (Å²) in [7, 11) is 0. The van der Waals surface area contributed by atoms with Gasteiger partial charge in [0.15, 0.2) is 0 Å². The first-order valence-corrected chi connectivity index (χ1v) is 7.37. The Balaban J connectivity index is 1.89. The molecular weight excluding hydrogens is 228 g/mol. The third-order valence-corrected chi connectivity index (χ3v) is 4.53. The van der Waals surface area contributed by atoms with Crippen LogP contribution in [0, 0.1) is 13.8 Å². The second-order valence-electron chi connectivity index (χ2n) is 5.97. The van der Waals surface area contributed by atoms with Crippen LogP contribution in [0.2, 0.25) is 0 Å². The van der Waals surface area contributed by atoms with Crippen LogP contribution in [0.5, 0.6) is 0 Å². The first kappa shape index (κ1) is 12.5. The largest absolute Gasteiger partial charge is 0.0590 e. The predicted molar refractivity (Wildman–Crippen MR) is 81.7 cm³/mol. The van der Waals surface area contributed by atoms with Crippen molar-refractivity contribution in [2.45, 2.75) is 44.9 Å². The second kappa shape index (κ2) is 5.21. The van der Waals surface area contributed by atoms with Gasteiger partial charge in [-0.25, -0.2) is 0 Å². The Labute approximate surface area is 116 Å². The smallest absolute Gasteiger partial charge is 0.00931 e. The van der Waals surface area contributed by atoms with Gasteiger partial charge in [0, 0.05) is 0 Å². The summed E-state index contributed by atoms with van der Waals surface area (Å²) in [4.78, 5) is 0. The van der Waals surface area contributed by atoms with Crippen molar-refractivity contribution < 1.29 is 0 Å². The lowest BCUT2D eigenvalue weighted by atomic mass is 9.84. The van der Waals surface area contributed by atoms with Crippen molar-refractivity contribution in [3.8, 4) is 0 Å². The topological polar surface area (TPSA) is 0 Å². The standard InChI is InChI=1S/C19H22/c1-14-6-10-16(11-7-14)18-4-3-5-19(18)17-12-8-15(2)9-13-17/h6-13,18-19H,3-5H2,1-2H3. The molecule has 0 N–H and O–H groups in total. The van der Waals surface area contributed by atoms with Gasteiger partial charge in [-0.15, -0.1) is 0 Å². The molecule has 2 atom stereocenters. The molecule has 0 heteroatoms. The van der Waals surface area contributed by atoms with E-state index in [4.69, 9.17) is 0 Å². The molecule has 1 saturated carbocycles. The number of hydrogen-bond donors (Lipinski definition) is 0. The minimum atomic E-state index is 0.711. The van der Waals surface area contributed by atoms with Gasteiger partial charge in [0.2, 0.25) is 0 Å². The molecule has 0 bridgehead atoms. The van der Waals surface area contributed by atoms with Gasteiger partial charge in [-0.05, 0) is 49.7 Å². The lowest BCUT2D eigenvalue weighted by Crippen LogP contribution is -2.04. The number of hydrogen-bond acceptors (Lipinski definition) is 0. The fourth-order valence-corrected chi connectivity index (χ4v) is 3.39. The Hall–Kier alpha value is -1.56. The fraction of sp³-hybridized carbons (Fsp3) is 0.368. The second-order valence-corrected chi connectivity index (χ2v) is 5.97. The number of rotatable bonds is 2. The van der Waals surface area contributed by atoms with Crippen molar-refractivity contribution in [3.63, 3.8) is 0 Å². The van der Waals surface area contributed by atoms with Crippen LogP contribution >= 0.6 is 0 Å². The van der Waals surface area contributed by atoms with Gasteiger partial charge < -0.3 is 0 Å². The Morgan fingerprint density at radius 2 is 1.00 bits per heavy atom. The first-order chi connectivity index (χ1) is 9.24. The molecule has 0 nitrogen and oxygen atoms in total. The third-order valence-electron chi connectivity index (χ3n) is 4.53. The molecule has 0 heterocycles. The average molecular weight is 250 g/mol. The molecule has 19 heavy (non-hydrogen) atoms. The molecular formula is C19H22. The summed E-state index contributed by atoms with van der Waals surface area (Å²) in [5.74, 6) is 1.42. The van der Waals surface area contributed by atoms with E-state index in [1.54, 1.807) is 0 Å². The summed E-state index contributed by atoms with van der Waals surface area (Å²) in [6.45, 7) is 4.33. The summed E-state index contributed by atoms with van der Waals surface area (Å²) in [6, 6.07) is 18.3. The Kier molecular flexibility index (Phi) is 3.42. The maximum absolute atomic E-state index is 2.33. The molecule has 1 aliphatic rings. The molecule has 2 aromatic rings. The minimum Gasteiger partial charge on any atom is -0.0590 e. The maximum atomic E-state index is 2.33. The van der Waals surface area contributed by atoms with E-state index in [1.807, 2.05) is 0 Å². The zero-order valence-corrected chi connectivity index (χ0v) is 11.9. The zero-order valence-electron chi connectivity index (χ0n) is 11.9. The van der Waals surface area contributed by atoms with Crippen LogP contribution in [0.3, 0.4) is 0 Å². The summed E-state index contributed by atoms with van der Waals surface area (Å²) in [5.41, 5.74) is 5.75. The van der Waals surface area contributed by atoms with Gasteiger partial charge in [-0.2, -0.15) is 0 Å². The van der Waals surface area contributed by atoms with Crippen LogP contribution < -0.4 is 0 Å². The molecule has 0 amide bonds. The van der Waals surface area contributed by atoms with E-state index >= 15 is 0 Å². The van der Waals surface area contributed by atoms with Gasteiger partial charge >= 0.3 is 0 Å². The third kappa shape index (κ3) is 2.58. The molecule has 3 rings (SSSR count). The van der Waals surface area contributed by atoms with Crippen LogP contribution in [0.1, 0.15) is 53.4 Å². The molecule has 98 valence electrons. The molecule has 0 spiro atoms. The van der Waals surface area contributed by atoms with Crippen molar-refractivity contribution in [1.82, 2.24) is 0 Å². The molecule has 2 aromatic carbocycles. The van der Waals surface area contributed by atoms with E-state index in [0.717, 1.165) is 0 Å². The zero-order chi connectivity index (χ0) is 13.2. The molecule has 1 aliphatic carbocycles. The maximum Gasteiger partial charge on any atom is -0.00931 e. The SMILES string of the molecule is Cc1ccc(C2CCCC2c2ccc(C)cc2)cc1. The molecule has 1 fully saturated rings. The minimum absolute atomic E-state index is 0.711. The number of benzene rings is 2. The fourth-order valence-electron chi connectivity index (χ4n) is 3.39. The van der Waals surface area contributed by atoms with E-state index in [0.29, 0.717) is 11.8 Å². The highest BCUT2D eigenvalue weighted by atomic mass is 14.3. The van der Waals surface area contributed by atoms with Crippen LogP contribution in [0.25, 0.3) is 0 Å². The summed E-state index contributed by atoms with van der Waals surface area (Å²) in [5, 5.41) is 0. The highest BCUT2D eigenvalue weighted by Crippen LogP contribution is 2.45. The van der Waals surface area contributed by atoms with Gasteiger partial charge in [0.25, 0.3) is 0 Å². The van der Waals surface area contributed by atoms with Crippen LogP contribution in [-0.4, -0.2) is 0 Å². The summed E-state index contributed by atoms with van der Waals surface area (Å²) < 4.78 is 0. The first-order valence-electron chi connectivity index (χ1n) is 7.37. The molecule has 0 radical (unpaired) electrons. The van der Waals surface area contributed by atoms with Crippen molar-refractivity contribution in [1.29, 1.82) is 0 Å². The van der Waals surface area contributed by atoms with E-state index in [9.17, 15) is 0 Å². The highest BCUT2D eigenvalue weighted by Gasteiger charge is 2.29. The Morgan fingerprint density at radius 1 is 0.632 bits per heavy atom. The quantitative estimate of drug-likeness (QED) is 0.673. The van der Waals surface area contributed by atoms with E-state index < -0.39 is 0 Å². The van der Waals surface area contributed by atoms with Crippen LogP contribution in [-0.2, 0) is 0 Å². The van der Waals surface area contributed by atoms with E-state index in [2.05, 4.69) is 62.4 Å². The summed E-state index contributed by atoms with van der Waals surface area (Å²) in [6.07, 6.45) is 4.03. The molecule has 0 aromatic heterocycles. The Morgan fingerprint density at radius 3 is 1.37 bits per heavy atom. The predicted octanol–water partition coefficient (Wildman–Crippen LogP) is 5.35. The van der Waals surface area contributed by atoms with E-state index in [1.165, 1.54) is 41.5 Å². The highest BCUT2D eigenvalue weighted by molar-refractivity contribution is 5.33. The summed E-state index contributed by atoms with van der Waals surface area (Å²) >= 11 is 0.